The zero-order valence-corrected chi connectivity index (χ0v) is 7.90. The molecule has 0 radical (unpaired) electrons. The number of ether oxygens (including phenoxy) is 1. The minimum atomic E-state index is -0.450. The molecule has 0 spiro atoms. The van der Waals surface area contributed by atoms with Gasteiger partial charge in [-0.15, -0.1) is 6.58 Å². The van der Waals surface area contributed by atoms with E-state index in [9.17, 15) is 9.90 Å². The first-order valence-corrected chi connectivity index (χ1v) is 4.59. The van der Waals surface area contributed by atoms with Crippen LogP contribution in [-0.2, 0) is 9.53 Å². The van der Waals surface area contributed by atoms with Gasteiger partial charge in [0.25, 0.3) is 0 Å². The number of aliphatic hydroxyl groups excluding tert-OH is 1. The lowest BCUT2D eigenvalue weighted by atomic mass is 9.71. The molecule has 2 unspecified atom stereocenters. The Labute approximate surface area is 78.4 Å². The number of hydrogen-bond acceptors (Lipinski definition) is 3. The van der Waals surface area contributed by atoms with E-state index >= 15 is 0 Å². The van der Waals surface area contributed by atoms with Crippen molar-refractivity contribution in [3.8, 4) is 0 Å². The van der Waals surface area contributed by atoms with Crippen LogP contribution in [0.4, 0.5) is 0 Å². The van der Waals surface area contributed by atoms with Gasteiger partial charge in [-0.25, -0.2) is 0 Å². The van der Waals surface area contributed by atoms with E-state index < -0.39 is 6.10 Å². The van der Waals surface area contributed by atoms with E-state index in [1.807, 2.05) is 0 Å². The molecule has 0 bridgehead atoms. The molecule has 1 aliphatic rings. The van der Waals surface area contributed by atoms with E-state index in [0.717, 1.165) is 12.8 Å². The molecule has 0 aromatic carbocycles. The average Bonchev–Trinajstić information content (AvgIpc) is 2.01. The van der Waals surface area contributed by atoms with Gasteiger partial charge >= 0.3 is 5.97 Å². The van der Waals surface area contributed by atoms with Crippen molar-refractivity contribution in [1.29, 1.82) is 0 Å². The zero-order valence-electron chi connectivity index (χ0n) is 7.90. The molecule has 0 heterocycles. The Hall–Kier alpha value is -0.830. The minimum absolute atomic E-state index is 0.233. The maximum absolute atomic E-state index is 10.5. The first kappa shape index (κ1) is 10.3. The van der Waals surface area contributed by atoms with Gasteiger partial charge in [-0.2, -0.15) is 0 Å². The predicted octanol–water partition coefficient (Wildman–Crippen LogP) is 1.12. The fourth-order valence-electron chi connectivity index (χ4n) is 1.65. The number of carbonyl (C=O) groups excluding carboxylic acids is 1. The van der Waals surface area contributed by atoms with E-state index in [4.69, 9.17) is 4.74 Å². The molecule has 0 aliphatic heterocycles. The lowest BCUT2D eigenvalue weighted by Crippen LogP contribution is -2.37. The Balaban J connectivity index is 2.28. The van der Waals surface area contributed by atoms with Crippen LogP contribution in [-0.4, -0.2) is 23.8 Å². The Kier molecular flexibility index (Phi) is 3.48. The molecule has 0 amide bonds. The molecule has 0 saturated heterocycles. The molecule has 13 heavy (non-hydrogen) atoms. The van der Waals surface area contributed by atoms with Gasteiger partial charge in [-0.3, -0.25) is 4.79 Å². The Morgan fingerprint density at radius 1 is 1.77 bits per heavy atom. The summed E-state index contributed by atoms with van der Waals surface area (Å²) < 4.78 is 4.89. The van der Waals surface area contributed by atoms with Crippen molar-refractivity contribution in [3.05, 3.63) is 12.7 Å². The number of carbonyl (C=O) groups is 1. The largest absolute Gasteiger partial charge is 0.466 e. The third kappa shape index (κ3) is 2.56. The van der Waals surface area contributed by atoms with Crippen LogP contribution < -0.4 is 0 Å². The van der Waals surface area contributed by atoms with Crippen LogP contribution in [0.1, 0.15) is 19.8 Å². The van der Waals surface area contributed by atoms with Crippen LogP contribution in [0.2, 0.25) is 0 Å². The average molecular weight is 184 g/mol. The maximum atomic E-state index is 10.5. The number of aliphatic hydroxyl groups is 1. The summed E-state index contributed by atoms with van der Waals surface area (Å²) in [5.74, 6) is 0.299. The summed E-state index contributed by atoms with van der Waals surface area (Å²) in [5.41, 5.74) is 0. The molecule has 3 atom stereocenters. The van der Waals surface area contributed by atoms with E-state index in [0.29, 0.717) is 12.5 Å². The second kappa shape index (κ2) is 4.42. The van der Waals surface area contributed by atoms with Crippen molar-refractivity contribution in [1.82, 2.24) is 0 Å². The van der Waals surface area contributed by atoms with Crippen molar-refractivity contribution in [3.63, 3.8) is 0 Å². The molecule has 1 saturated carbocycles. The van der Waals surface area contributed by atoms with Crippen molar-refractivity contribution in [2.75, 3.05) is 6.61 Å². The van der Waals surface area contributed by atoms with Crippen LogP contribution >= 0.6 is 0 Å². The zero-order chi connectivity index (χ0) is 9.84. The highest BCUT2D eigenvalue weighted by Crippen LogP contribution is 2.37. The van der Waals surface area contributed by atoms with Crippen LogP contribution in [0.5, 0.6) is 0 Å². The molecule has 3 heteroatoms. The summed E-state index contributed by atoms with van der Waals surface area (Å²) in [5, 5.41) is 9.45. The van der Waals surface area contributed by atoms with E-state index in [2.05, 4.69) is 6.58 Å². The van der Waals surface area contributed by atoms with Crippen molar-refractivity contribution in [2.45, 2.75) is 25.9 Å². The van der Waals surface area contributed by atoms with Gasteiger partial charge in [0.05, 0.1) is 12.7 Å². The van der Waals surface area contributed by atoms with Crippen molar-refractivity contribution >= 4 is 5.97 Å². The molecule has 0 aromatic heterocycles. The fraction of sp³-hybridized carbons (Fsp3) is 0.700. The summed E-state index contributed by atoms with van der Waals surface area (Å²) in [6.07, 6.45) is 3.13. The van der Waals surface area contributed by atoms with Gasteiger partial charge < -0.3 is 9.84 Å². The fourth-order valence-corrected chi connectivity index (χ4v) is 1.65. The Morgan fingerprint density at radius 3 is 2.85 bits per heavy atom. The molecule has 1 N–H and O–H groups in total. The Bertz CT molecular complexity index is 200. The standard InChI is InChI=1S/C10H16O3/c1-3-10(12)9-5-4-8(9)6-13-7(2)11/h3,8-10,12H,1,4-6H2,2H3/t8-,9?,10?/m0/s1. The highest BCUT2D eigenvalue weighted by Gasteiger charge is 2.35. The third-order valence-corrected chi connectivity index (χ3v) is 2.66. The SMILES string of the molecule is C=CC(O)C1CC[C@H]1COC(C)=O. The van der Waals surface area contributed by atoms with Gasteiger partial charge in [-0.1, -0.05) is 6.08 Å². The van der Waals surface area contributed by atoms with Gasteiger partial charge in [0.1, 0.15) is 0 Å². The molecule has 1 rings (SSSR count). The topological polar surface area (TPSA) is 46.5 Å². The summed E-state index contributed by atoms with van der Waals surface area (Å²) >= 11 is 0. The molecule has 74 valence electrons. The summed E-state index contributed by atoms with van der Waals surface area (Å²) in [7, 11) is 0. The second-order valence-corrected chi connectivity index (χ2v) is 3.53. The van der Waals surface area contributed by atoms with Gasteiger partial charge in [0.15, 0.2) is 0 Å². The normalized spacial score (nSPS) is 28.8. The Morgan fingerprint density at radius 2 is 2.46 bits per heavy atom. The quantitative estimate of drug-likeness (QED) is 0.526. The van der Waals surface area contributed by atoms with Crippen molar-refractivity contribution < 1.29 is 14.6 Å². The molecule has 0 aromatic rings. The molecule has 1 fully saturated rings. The first-order chi connectivity index (χ1) is 6.15. The van der Waals surface area contributed by atoms with E-state index in [1.54, 1.807) is 6.08 Å². The van der Waals surface area contributed by atoms with Crippen LogP contribution in [0.25, 0.3) is 0 Å². The highest BCUT2D eigenvalue weighted by molar-refractivity contribution is 5.65. The van der Waals surface area contributed by atoms with Crippen LogP contribution in [0.3, 0.4) is 0 Å². The second-order valence-electron chi connectivity index (χ2n) is 3.53. The lowest BCUT2D eigenvalue weighted by Gasteiger charge is -2.38. The smallest absolute Gasteiger partial charge is 0.302 e. The van der Waals surface area contributed by atoms with Gasteiger partial charge in [0, 0.05) is 6.92 Å². The molecular formula is C10H16O3. The number of hydrogen-bond donors (Lipinski definition) is 1. The van der Waals surface area contributed by atoms with Crippen LogP contribution in [0.15, 0.2) is 12.7 Å². The lowest BCUT2D eigenvalue weighted by molar-refractivity contribution is -0.145. The molecule has 3 nitrogen and oxygen atoms in total. The number of rotatable bonds is 4. The van der Waals surface area contributed by atoms with Gasteiger partial charge in [-0.05, 0) is 24.7 Å². The number of esters is 1. The van der Waals surface area contributed by atoms with Crippen LogP contribution in [0, 0.1) is 11.8 Å². The summed E-state index contributed by atoms with van der Waals surface area (Å²) in [6.45, 7) is 5.37. The monoisotopic (exact) mass is 184 g/mol. The minimum Gasteiger partial charge on any atom is -0.466 e. The highest BCUT2D eigenvalue weighted by atomic mass is 16.5. The summed E-state index contributed by atoms with van der Waals surface area (Å²) in [4.78, 5) is 10.5. The van der Waals surface area contributed by atoms with E-state index in [-0.39, 0.29) is 11.9 Å². The van der Waals surface area contributed by atoms with Crippen molar-refractivity contribution in [2.24, 2.45) is 11.8 Å². The molecule has 1 aliphatic carbocycles. The summed E-state index contributed by atoms with van der Waals surface area (Å²) in [6, 6.07) is 0. The van der Waals surface area contributed by atoms with E-state index in [1.165, 1.54) is 6.92 Å². The third-order valence-electron chi connectivity index (χ3n) is 2.66. The molecular weight excluding hydrogens is 168 g/mol. The maximum Gasteiger partial charge on any atom is 0.302 e. The first-order valence-electron chi connectivity index (χ1n) is 4.59. The van der Waals surface area contributed by atoms with Gasteiger partial charge in [0.2, 0.25) is 0 Å². The predicted molar refractivity (Wildman–Crippen MR) is 49.1 cm³/mol.